The summed E-state index contributed by atoms with van der Waals surface area (Å²) >= 11 is 1.70. The van der Waals surface area contributed by atoms with Crippen LogP contribution in [-0.4, -0.2) is 42.7 Å². The number of likely N-dealkylation sites (N-methyl/N-ethyl adjacent to an activating group) is 1. The van der Waals surface area contributed by atoms with Crippen molar-refractivity contribution in [3.05, 3.63) is 52.2 Å². The van der Waals surface area contributed by atoms with E-state index in [4.69, 9.17) is 0 Å². The molecule has 0 fully saturated rings. The van der Waals surface area contributed by atoms with Crippen LogP contribution in [-0.2, 0) is 0 Å². The number of hydrogen-bond donors (Lipinski definition) is 1. The van der Waals surface area contributed by atoms with Gasteiger partial charge in [0.15, 0.2) is 0 Å². The van der Waals surface area contributed by atoms with Crippen LogP contribution in [0.3, 0.4) is 0 Å². The molecule has 0 saturated heterocycles. The molecular weight excluding hydrogens is 356 g/mol. The monoisotopic (exact) mass is 384 g/mol. The topological polar surface area (TPSA) is 47.9 Å². The molecule has 1 aromatic heterocycles. The lowest BCUT2D eigenvalue weighted by molar-refractivity contribution is 0.0935. The molecule has 3 rings (SSSR count). The average Bonchev–Trinajstić information content (AvgIpc) is 3.37. The van der Waals surface area contributed by atoms with E-state index in [1.165, 1.54) is 5.56 Å². The summed E-state index contributed by atoms with van der Waals surface area (Å²) < 4.78 is 0. The van der Waals surface area contributed by atoms with E-state index >= 15 is 0 Å². The number of benzene rings is 1. The maximum absolute atomic E-state index is 12.6. The number of anilines is 1. The molecule has 1 aliphatic rings. The van der Waals surface area contributed by atoms with Crippen LogP contribution in [0.5, 0.6) is 0 Å². The van der Waals surface area contributed by atoms with Crippen molar-refractivity contribution in [1.29, 1.82) is 0 Å². The van der Waals surface area contributed by atoms with Crippen LogP contribution in [0.4, 0.5) is 5.69 Å². The molecule has 2 aromatic rings. The van der Waals surface area contributed by atoms with Gasteiger partial charge in [0.2, 0.25) is 0 Å². The van der Waals surface area contributed by atoms with Gasteiger partial charge in [-0.05, 0) is 66.7 Å². The molecular formula is C21H28N4OS. The fourth-order valence-electron chi connectivity index (χ4n) is 3.42. The Bertz CT molecular complexity index is 766. The van der Waals surface area contributed by atoms with Crippen LogP contribution >= 0.6 is 11.3 Å². The van der Waals surface area contributed by atoms with Crippen molar-refractivity contribution < 1.29 is 4.79 Å². The average molecular weight is 385 g/mol. The molecule has 2 heterocycles. The van der Waals surface area contributed by atoms with E-state index in [9.17, 15) is 4.79 Å². The molecule has 1 N–H and O–H groups in total. The maximum atomic E-state index is 12.6. The highest BCUT2D eigenvalue weighted by Gasteiger charge is 2.20. The number of amides is 1. The Morgan fingerprint density at radius 2 is 2.00 bits per heavy atom. The minimum Gasteiger partial charge on any atom is -0.350 e. The van der Waals surface area contributed by atoms with Crippen molar-refractivity contribution >= 4 is 28.6 Å². The zero-order valence-corrected chi connectivity index (χ0v) is 17.1. The Kier molecular flexibility index (Phi) is 6.63. The van der Waals surface area contributed by atoms with Crippen molar-refractivity contribution in [3.8, 4) is 0 Å². The second-order valence-corrected chi connectivity index (χ2v) is 7.54. The van der Waals surface area contributed by atoms with Crippen LogP contribution < -0.4 is 10.3 Å². The quantitative estimate of drug-likeness (QED) is 0.744. The molecule has 0 spiro atoms. The van der Waals surface area contributed by atoms with Crippen LogP contribution in [0.1, 0.15) is 49.2 Å². The fourth-order valence-corrected chi connectivity index (χ4v) is 4.13. The Morgan fingerprint density at radius 3 is 2.56 bits per heavy atom. The lowest BCUT2D eigenvalue weighted by Crippen LogP contribution is -2.37. The lowest BCUT2D eigenvalue weighted by atomic mass is 10.1. The van der Waals surface area contributed by atoms with Crippen LogP contribution in [0.25, 0.3) is 0 Å². The summed E-state index contributed by atoms with van der Waals surface area (Å²) in [4.78, 5) is 15.0. The van der Waals surface area contributed by atoms with Gasteiger partial charge in [-0.1, -0.05) is 13.8 Å². The molecule has 0 bridgehead atoms. The van der Waals surface area contributed by atoms with Gasteiger partial charge in [0.1, 0.15) is 0 Å². The van der Waals surface area contributed by atoms with Gasteiger partial charge in [-0.3, -0.25) is 14.7 Å². The molecule has 144 valence electrons. The number of nitrogens with zero attached hydrogens (tertiary/aromatic N) is 3. The van der Waals surface area contributed by atoms with Crippen LogP contribution in [0.2, 0.25) is 0 Å². The van der Waals surface area contributed by atoms with Crippen LogP contribution in [0, 0.1) is 0 Å². The lowest BCUT2D eigenvalue weighted by Gasteiger charge is -2.29. The highest BCUT2D eigenvalue weighted by molar-refractivity contribution is 7.07. The predicted octanol–water partition coefficient (Wildman–Crippen LogP) is 4.15. The summed E-state index contributed by atoms with van der Waals surface area (Å²) in [6.07, 6.45) is 0.998. The summed E-state index contributed by atoms with van der Waals surface area (Å²) in [5.41, 5.74) is 4.12. The van der Waals surface area contributed by atoms with E-state index in [0.717, 1.165) is 37.5 Å². The van der Waals surface area contributed by atoms with E-state index in [1.807, 2.05) is 36.2 Å². The summed E-state index contributed by atoms with van der Waals surface area (Å²) in [6, 6.07) is 10.1. The van der Waals surface area contributed by atoms with Crippen LogP contribution in [0.15, 0.2) is 46.2 Å². The van der Waals surface area contributed by atoms with Crippen molar-refractivity contribution in [2.45, 2.75) is 33.2 Å². The van der Waals surface area contributed by atoms with Gasteiger partial charge in [-0.2, -0.15) is 16.4 Å². The Balaban J connectivity index is 1.63. The molecule has 0 radical (unpaired) electrons. The van der Waals surface area contributed by atoms with Gasteiger partial charge < -0.3 is 5.32 Å². The number of hydrogen-bond acceptors (Lipinski definition) is 5. The second kappa shape index (κ2) is 9.15. The zero-order valence-electron chi connectivity index (χ0n) is 16.3. The molecule has 6 heteroatoms. The number of rotatable bonds is 8. The second-order valence-electron chi connectivity index (χ2n) is 6.76. The molecule has 27 heavy (non-hydrogen) atoms. The van der Waals surface area contributed by atoms with Crippen molar-refractivity contribution in [2.24, 2.45) is 5.10 Å². The Morgan fingerprint density at radius 1 is 1.26 bits per heavy atom. The first-order chi connectivity index (χ1) is 13.1. The van der Waals surface area contributed by atoms with E-state index in [0.29, 0.717) is 12.1 Å². The number of thiophene rings is 1. The molecule has 1 aliphatic heterocycles. The Hall–Kier alpha value is -2.18. The molecule has 1 unspecified atom stereocenters. The highest BCUT2D eigenvalue weighted by atomic mass is 32.1. The van der Waals surface area contributed by atoms with E-state index in [-0.39, 0.29) is 11.9 Å². The summed E-state index contributed by atoms with van der Waals surface area (Å²) in [7, 11) is 0. The third kappa shape index (κ3) is 4.76. The van der Waals surface area contributed by atoms with Gasteiger partial charge in [0.05, 0.1) is 11.7 Å². The number of nitrogens with one attached hydrogen (secondary N) is 1. The van der Waals surface area contributed by atoms with Crippen molar-refractivity contribution in [1.82, 2.24) is 10.2 Å². The van der Waals surface area contributed by atoms with E-state index in [2.05, 4.69) is 46.0 Å². The number of carbonyl (C=O) groups is 1. The van der Waals surface area contributed by atoms with E-state index in [1.54, 1.807) is 11.3 Å². The predicted molar refractivity (Wildman–Crippen MR) is 114 cm³/mol. The van der Waals surface area contributed by atoms with Gasteiger partial charge >= 0.3 is 0 Å². The fraction of sp³-hybridized carbons (Fsp3) is 0.429. The standard InChI is InChI=1S/C21H28N4OS/c1-4-24(5-2)20(18-11-13-27-15-18)14-22-21(26)17-6-8-19(9-7-17)25-12-10-16(3)23-25/h6-9,11,13,15,20H,4-5,10,12,14H2,1-3H3,(H,22,26). The molecule has 1 aromatic carbocycles. The third-order valence-electron chi connectivity index (χ3n) is 5.04. The molecule has 1 amide bonds. The summed E-state index contributed by atoms with van der Waals surface area (Å²) in [5, 5.41) is 13.9. The molecule has 5 nitrogen and oxygen atoms in total. The minimum absolute atomic E-state index is 0.0324. The van der Waals surface area contributed by atoms with Crippen molar-refractivity contribution in [3.63, 3.8) is 0 Å². The van der Waals surface area contributed by atoms with E-state index < -0.39 is 0 Å². The first-order valence-electron chi connectivity index (χ1n) is 9.58. The third-order valence-corrected chi connectivity index (χ3v) is 5.74. The largest absolute Gasteiger partial charge is 0.350 e. The number of hydrazone groups is 1. The van der Waals surface area contributed by atoms with Gasteiger partial charge in [0.25, 0.3) is 5.91 Å². The smallest absolute Gasteiger partial charge is 0.251 e. The van der Waals surface area contributed by atoms with Gasteiger partial charge in [-0.15, -0.1) is 0 Å². The first kappa shape index (κ1) is 19.6. The Labute approximate surface area is 165 Å². The number of carbonyl (C=O) groups excluding carboxylic acids is 1. The normalized spacial score (nSPS) is 15.1. The first-order valence-corrected chi connectivity index (χ1v) is 10.5. The molecule has 0 aliphatic carbocycles. The summed E-state index contributed by atoms with van der Waals surface area (Å²) in [5.74, 6) is -0.0324. The molecule has 0 saturated carbocycles. The van der Waals surface area contributed by atoms with Gasteiger partial charge in [-0.25, -0.2) is 0 Å². The highest BCUT2D eigenvalue weighted by Crippen LogP contribution is 2.23. The van der Waals surface area contributed by atoms with Gasteiger partial charge in [0, 0.05) is 30.8 Å². The minimum atomic E-state index is -0.0324. The van der Waals surface area contributed by atoms with Crippen molar-refractivity contribution in [2.75, 3.05) is 31.2 Å². The summed E-state index contributed by atoms with van der Waals surface area (Å²) in [6.45, 7) is 9.78. The zero-order chi connectivity index (χ0) is 19.2. The molecule has 1 atom stereocenters. The SMILES string of the molecule is CCN(CC)C(CNC(=O)c1ccc(N2CCC(C)=N2)cc1)c1ccsc1. The maximum Gasteiger partial charge on any atom is 0.251 e.